The maximum absolute atomic E-state index is 12.2. The van der Waals surface area contributed by atoms with E-state index >= 15 is 0 Å². The summed E-state index contributed by atoms with van der Waals surface area (Å²) in [6, 6.07) is 23.7. The van der Waals surface area contributed by atoms with Gasteiger partial charge < -0.3 is 14.5 Å². The van der Waals surface area contributed by atoms with Crippen LogP contribution in [0.2, 0.25) is 0 Å². The number of ether oxygens (including phenoxy) is 1. The van der Waals surface area contributed by atoms with E-state index in [1.807, 2.05) is 54.6 Å². The van der Waals surface area contributed by atoms with E-state index < -0.39 is 0 Å². The van der Waals surface area contributed by atoms with Gasteiger partial charge in [-0.1, -0.05) is 18.2 Å². The van der Waals surface area contributed by atoms with Crippen molar-refractivity contribution < 1.29 is 13.9 Å². The minimum absolute atomic E-state index is 0.159. The van der Waals surface area contributed by atoms with Crippen LogP contribution in [0.4, 0.5) is 5.69 Å². The fourth-order valence-corrected chi connectivity index (χ4v) is 2.68. The van der Waals surface area contributed by atoms with Crippen LogP contribution in [0.25, 0.3) is 22.9 Å². The van der Waals surface area contributed by atoms with E-state index in [2.05, 4.69) is 15.5 Å². The van der Waals surface area contributed by atoms with Gasteiger partial charge in [0, 0.05) is 22.4 Å². The molecule has 28 heavy (non-hydrogen) atoms. The van der Waals surface area contributed by atoms with Gasteiger partial charge in [-0.05, 0) is 60.7 Å². The smallest absolute Gasteiger partial charge is 0.255 e. The van der Waals surface area contributed by atoms with E-state index in [4.69, 9.17) is 9.15 Å². The number of nitrogens with one attached hydrogen (secondary N) is 1. The van der Waals surface area contributed by atoms with Crippen molar-refractivity contribution in [2.24, 2.45) is 0 Å². The van der Waals surface area contributed by atoms with Crippen LogP contribution in [0, 0.1) is 0 Å². The molecule has 3 aromatic carbocycles. The van der Waals surface area contributed by atoms with Gasteiger partial charge in [0.2, 0.25) is 11.8 Å². The summed E-state index contributed by atoms with van der Waals surface area (Å²) < 4.78 is 10.9. The number of hydrogen-bond acceptors (Lipinski definition) is 5. The quantitative estimate of drug-likeness (QED) is 0.552. The number of hydrogen-bond donors (Lipinski definition) is 1. The molecule has 138 valence electrons. The number of benzene rings is 3. The highest BCUT2D eigenvalue weighted by Crippen LogP contribution is 2.26. The molecule has 0 unspecified atom stereocenters. The SMILES string of the molecule is COc1ccc(-c2nnc(-c3ccc(NC(=O)c4ccccc4)cc3)o2)cc1. The lowest BCUT2D eigenvalue weighted by atomic mass is 10.2. The lowest BCUT2D eigenvalue weighted by Crippen LogP contribution is -2.11. The minimum Gasteiger partial charge on any atom is -0.497 e. The second-order valence-corrected chi connectivity index (χ2v) is 6.04. The van der Waals surface area contributed by atoms with E-state index in [1.54, 1.807) is 31.4 Å². The highest BCUT2D eigenvalue weighted by atomic mass is 16.5. The van der Waals surface area contributed by atoms with Gasteiger partial charge in [0.1, 0.15) is 5.75 Å². The Morgan fingerprint density at radius 3 is 1.96 bits per heavy atom. The van der Waals surface area contributed by atoms with Gasteiger partial charge >= 0.3 is 0 Å². The van der Waals surface area contributed by atoms with Crippen molar-refractivity contribution in [3.63, 3.8) is 0 Å². The van der Waals surface area contributed by atoms with E-state index in [0.717, 1.165) is 16.9 Å². The van der Waals surface area contributed by atoms with Crippen LogP contribution in [0.5, 0.6) is 5.75 Å². The Balaban J connectivity index is 1.48. The maximum Gasteiger partial charge on any atom is 0.255 e. The van der Waals surface area contributed by atoms with Crippen LogP contribution in [-0.2, 0) is 0 Å². The van der Waals surface area contributed by atoms with Crippen LogP contribution < -0.4 is 10.1 Å². The Morgan fingerprint density at radius 2 is 1.39 bits per heavy atom. The van der Waals surface area contributed by atoms with Crippen molar-refractivity contribution in [1.29, 1.82) is 0 Å². The molecule has 6 nitrogen and oxygen atoms in total. The molecule has 0 aliphatic heterocycles. The van der Waals surface area contributed by atoms with Crippen LogP contribution in [0.15, 0.2) is 83.3 Å². The van der Waals surface area contributed by atoms with Crippen LogP contribution in [0.1, 0.15) is 10.4 Å². The largest absolute Gasteiger partial charge is 0.497 e. The Labute approximate surface area is 161 Å². The summed E-state index contributed by atoms with van der Waals surface area (Å²) in [7, 11) is 1.62. The number of anilines is 1. The first-order valence-electron chi connectivity index (χ1n) is 8.68. The number of carbonyl (C=O) groups excluding carboxylic acids is 1. The zero-order chi connectivity index (χ0) is 19.3. The number of nitrogens with zero attached hydrogens (tertiary/aromatic N) is 2. The molecule has 0 fully saturated rings. The molecule has 0 saturated carbocycles. The molecule has 1 N–H and O–H groups in total. The van der Waals surface area contributed by atoms with Crippen molar-refractivity contribution in [2.75, 3.05) is 12.4 Å². The fourth-order valence-electron chi connectivity index (χ4n) is 2.68. The number of methoxy groups -OCH3 is 1. The zero-order valence-electron chi connectivity index (χ0n) is 15.1. The second kappa shape index (κ2) is 7.75. The van der Waals surface area contributed by atoms with E-state index in [1.165, 1.54) is 0 Å². The minimum atomic E-state index is -0.159. The normalized spacial score (nSPS) is 10.5. The number of carbonyl (C=O) groups is 1. The van der Waals surface area contributed by atoms with Gasteiger partial charge in [0.25, 0.3) is 5.91 Å². The van der Waals surface area contributed by atoms with E-state index in [0.29, 0.717) is 23.0 Å². The summed E-state index contributed by atoms with van der Waals surface area (Å²) in [5, 5.41) is 11.1. The summed E-state index contributed by atoms with van der Waals surface area (Å²) >= 11 is 0. The molecular formula is C22H17N3O3. The average molecular weight is 371 g/mol. The molecule has 0 aliphatic carbocycles. The van der Waals surface area contributed by atoms with Gasteiger partial charge in [0.15, 0.2) is 0 Å². The third-order valence-corrected chi connectivity index (χ3v) is 4.19. The van der Waals surface area contributed by atoms with Crippen LogP contribution >= 0.6 is 0 Å². The van der Waals surface area contributed by atoms with Gasteiger partial charge in [-0.2, -0.15) is 0 Å². The molecule has 0 atom stereocenters. The lowest BCUT2D eigenvalue weighted by Gasteiger charge is -2.05. The number of rotatable bonds is 5. The molecule has 1 amide bonds. The van der Waals surface area contributed by atoms with Crippen molar-refractivity contribution in [2.45, 2.75) is 0 Å². The van der Waals surface area contributed by atoms with Gasteiger partial charge in [-0.15, -0.1) is 10.2 Å². The third-order valence-electron chi connectivity index (χ3n) is 4.19. The first-order chi connectivity index (χ1) is 13.7. The van der Waals surface area contributed by atoms with Gasteiger partial charge in [-0.3, -0.25) is 4.79 Å². The Bertz CT molecular complexity index is 1070. The van der Waals surface area contributed by atoms with Crippen LogP contribution in [-0.4, -0.2) is 23.2 Å². The molecule has 4 rings (SSSR count). The third kappa shape index (κ3) is 3.76. The number of amides is 1. The zero-order valence-corrected chi connectivity index (χ0v) is 15.1. The van der Waals surface area contributed by atoms with E-state index in [9.17, 15) is 4.79 Å². The second-order valence-electron chi connectivity index (χ2n) is 6.04. The summed E-state index contributed by atoms with van der Waals surface area (Å²) in [6.07, 6.45) is 0. The summed E-state index contributed by atoms with van der Waals surface area (Å²) in [5.74, 6) is 1.44. The molecule has 4 aromatic rings. The first-order valence-corrected chi connectivity index (χ1v) is 8.68. The molecule has 6 heteroatoms. The Morgan fingerprint density at radius 1 is 0.821 bits per heavy atom. The van der Waals surface area contributed by atoms with Crippen molar-refractivity contribution in [3.8, 4) is 28.7 Å². The molecule has 0 aliphatic rings. The van der Waals surface area contributed by atoms with Crippen molar-refractivity contribution >= 4 is 11.6 Å². The molecular weight excluding hydrogens is 354 g/mol. The lowest BCUT2D eigenvalue weighted by molar-refractivity contribution is 0.102. The molecule has 1 heterocycles. The monoisotopic (exact) mass is 371 g/mol. The summed E-state index contributed by atoms with van der Waals surface area (Å²) in [4.78, 5) is 12.2. The average Bonchev–Trinajstić information content (AvgIpc) is 3.25. The standard InChI is InChI=1S/C22H17N3O3/c1-27-19-13-9-17(10-14-19)22-25-24-21(28-22)16-7-11-18(12-8-16)23-20(26)15-5-3-2-4-6-15/h2-14H,1H3,(H,23,26). The fraction of sp³-hybridized carbons (Fsp3) is 0.0455. The summed E-state index contributed by atoms with van der Waals surface area (Å²) in [6.45, 7) is 0. The predicted octanol–water partition coefficient (Wildman–Crippen LogP) is 4.66. The van der Waals surface area contributed by atoms with Crippen molar-refractivity contribution in [3.05, 3.63) is 84.4 Å². The topological polar surface area (TPSA) is 77.3 Å². The molecule has 0 saturated heterocycles. The predicted molar refractivity (Wildman–Crippen MR) is 106 cm³/mol. The van der Waals surface area contributed by atoms with Crippen molar-refractivity contribution in [1.82, 2.24) is 10.2 Å². The Kier molecular flexibility index (Phi) is 4.84. The first kappa shape index (κ1) is 17.5. The molecule has 0 spiro atoms. The molecule has 0 bridgehead atoms. The summed E-state index contributed by atoms with van der Waals surface area (Å²) in [5.41, 5.74) is 2.87. The van der Waals surface area contributed by atoms with Gasteiger partial charge in [0.05, 0.1) is 7.11 Å². The Hall–Kier alpha value is -3.93. The highest BCUT2D eigenvalue weighted by molar-refractivity contribution is 6.04. The maximum atomic E-state index is 12.2. The van der Waals surface area contributed by atoms with Gasteiger partial charge in [-0.25, -0.2) is 0 Å². The molecule has 1 aromatic heterocycles. The van der Waals surface area contributed by atoms with E-state index in [-0.39, 0.29) is 5.91 Å². The highest BCUT2D eigenvalue weighted by Gasteiger charge is 2.11. The number of aromatic nitrogens is 2. The molecule has 0 radical (unpaired) electrons. The van der Waals surface area contributed by atoms with Crippen LogP contribution in [0.3, 0.4) is 0 Å².